The van der Waals surface area contributed by atoms with Crippen molar-refractivity contribution >= 4 is 23.8 Å². The van der Waals surface area contributed by atoms with Crippen LogP contribution in [0.3, 0.4) is 0 Å². The number of hydrogen-bond donors (Lipinski definition) is 1. The number of aromatic amines is 1. The fourth-order valence-electron chi connectivity index (χ4n) is 3.41. The quantitative estimate of drug-likeness (QED) is 0.626. The first-order valence-corrected chi connectivity index (χ1v) is 9.71. The van der Waals surface area contributed by atoms with Crippen molar-refractivity contribution in [3.63, 3.8) is 0 Å². The lowest BCUT2D eigenvalue weighted by molar-refractivity contribution is -0.133. The van der Waals surface area contributed by atoms with E-state index < -0.39 is 5.60 Å². The number of likely N-dealkylation sites (tertiary alicyclic amines) is 1. The third-order valence-corrected chi connectivity index (χ3v) is 5.87. The zero-order chi connectivity index (χ0) is 18.9. The van der Waals surface area contributed by atoms with Gasteiger partial charge in [-0.15, -0.1) is 0 Å². The van der Waals surface area contributed by atoms with Gasteiger partial charge in [0.25, 0.3) is 5.56 Å². The van der Waals surface area contributed by atoms with Crippen molar-refractivity contribution in [2.24, 2.45) is 0 Å². The van der Waals surface area contributed by atoms with Crippen LogP contribution in [-0.2, 0) is 9.53 Å². The summed E-state index contributed by atoms with van der Waals surface area (Å²) in [6.45, 7) is 7.86. The van der Waals surface area contributed by atoms with E-state index in [4.69, 9.17) is 4.74 Å². The largest absolute Gasteiger partial charge is 0.441 e. The highest BCUT2D eigenvalue weighted by Gasteiger charge is 2.47. The Kier molecular flexibility index (Phi) is 5.27. The first-order valence-electron chi connectivity index (χ1n) is 8.83. The maximum absolute atomic E-state index is 12.7. The molecule has 1 atom stereocenters. The topological polar surface area (TPSA) is 95.6 Å². The summed E-state index contributed by atoms with van der Waals surface area (Å²) in [6.07, 6.45) is 1.04. The summed E-state index contributed by atoms with van der Waals surface area (Å²) in [5.74, 6) is 0.00526. The van der Waals surface area contributed by atoms with E-state index in [1.54, 1.807) is 16.7 Å². The molecule has 0 aromatic carbocycles. The first kappa shape index (κ1) is 18.8. The molecule has 0 unspecified atom stereocenters. The summed E-state index contributed by atoms with van der Waals surface area (Å²) in [7, 11) is 0. The zero-order valence-electron chi connectivity index (χ0n) is 15.3. The third kappa shape index (κ3) is 3.87. The minimum Gasteiger partial charge on any atom is -0.441 e. The summed E-state index contributed by atoms with van der Waals surface area (Å²) in [6, 6.07) is 1.42. The lowest BCUT2D eigenvalue weighted by atomic mass is 9.91. The lowest BCUT2D eigenvalue weighted by Crippen LogP contribution is -2.50. The summed E-state index contributed by atoms with van der Waals surface area (Å²) in [5, 5.41) is 0.0971. The minimum atomic E-state index is -0.455. The van der Waals surface area contributed by atoms with Crippen LogP contribution in [0.4, 0.5) is 4.79 Å². The second kappa shape index (κ2) is 7.30. The van der Waals surface area contributed by atoms with E-state index in [0.29, 0.717) is 49.9 Å². The van der Waals surface area contributed by atoms with Gasteiger partial charge in [0.1, 0.15) is 5.60 Å². The predicted molar refractivity (Wildman–Crippen MR) is 97.2 cm³/mol. The number of amides is 2. The summed E-state index contributed by atoms with van der Waals surface area (Å²) >= 11 is 1.25. The molecule has 1 N–H and O–H groups in total. The maximum Gasteiger partial charge on any atom is 0.410 e. The summed E-state index contributed by atoms with van der Waals surface area (Å²) < 4.78 is 5.60. The molecule has 9 heteroatoms. The number of nitrogens with zero attached hydrogens (tertiary/aromatic N) is 3. The predicted octanol–water partition coefficient (Wildman–Crippen LogP) is 1.39. The number of ether oxygens (including phenoxy) is 1. The molecule has 0 radical (unpaired) electrons. The van der Waals surface area contributed by atoms with Crippen molar-refractivity contribution in [2.75, 3.05) is 26.2 Å². The van der Waals surface area contributed by atoms with Crippen molar-refractivity contribution in [3.8, 4) is 0 Å². The van der Waals surface area contributed by atoms with Crippen LogP contribution in [0, 0.1) is 6.92 Å². The molecule has 1 aromatic rings. The molecule has 3 rings (SSSR count). The molecule has 0 aliphatic carbocycles. The first-order chi connectivity index (χ1) is 12.3. The maximum atomic E-state index is 12.7. The number of aryl methyl sites for hydroxylation is 1. The van der Waals surface area contributed by atoms with E-state index in [1.807, 2.05) is 13.8 Å². The number of rotatable bonds is 4. The molecule has 142 valence electrons. The van der Waals surface area contributed by atoms with Crippen molar-refractivity contribution in [1.29, 1.82) is 0 Å². The third-order valence-electron chi connectivity index (χ3n) is 4.89. The van der Waals surface area contributed by atoms with Gasteiger partial charge < -0.3 is 19.5 Å². The number of aromatic nitrogens is 2. The molecule has 3 heterocycles. The average molecular weight is 380 g/mol. The molecule has 1 aromatic heterocycles. The Labute approximate surface area is 156 Å². The molecule has 1 spiro atoms. The highest BCUT2D eigenvalue weighted by molar-refractivity contribution is 8.00. The number of likely N-dealkylation sites (N-methyl/N-ethyl adjacent to an activating group) is 1. The van der Waals surface area contributed by atoms with Crippen molar-refractivity contribution in [2.45, 2.75) is 49.6 Å². The second-order valence-corrected chi connectivity index (χ2v) is 8.17. The van der Waals surface area contributed by atoms with Gasteiger partial charge in [0.2, 0.25) is 5.91 Å². The smallest absolute Gasteiger partial charge is 0.410 e. The zero-order valence-corrected chi connectivity index (χ0v) is 16.1. The Morgan fingerprint density at radius 2 is 2.12 bits per heavy atom. The van der Waals surface area contributed by atoms with Crippen LogP contribution >= 0.6 is 11.8 Å². The van der Waals surface area contributed by atoms with Crippen LogP contribution in [0.15, 0.2) is 16.0 Å². The van der Waals surface area contributed by atoms with Gasteiger partial charge in [-0.05, 0) is 20.8 Å². The van der Waals surface area contributed by atoms with Crippen LogP contribution < -0.4 is 5.56 Å². The normalized spacial score (nSPS) is 20.3. The van der Waals surface area contributed by atoms with Gasteiger partial charge >= 0.3 is 6.09 Å². The SMILES string of the molecule is CCN1CC2(CCN(C(=O)[C@H](C)Sc3nc(C)cc(=O)[nH]3)CC2)OC1=O. The minimum absolute atomic E-state index is 0.00526. The highest BCUT2D eigenvalue weighted by Crippen LogP contribution is 2.34. The fourth-order valence-corrected chi connectivity index (χ4v) is 4.35. The fraction of sp³-hybridized carbons (Fsp3) is 0.647. The molecule has 26 heavy (non-hydrogen) atoms. The van der Waals surface area contributed by atoms with Crippen molar-refractivity contribution in [1.82, 2.24) is 19.8 Å². The molecule has 2 aliphatic rings. The van der Waals surface area contributed by atoms with Crippen LogP contribution in [0.5, 0.6) is 0 Å². The number of hydrogen-bond acceptors (Lipinski definition) is 6. The van der Waals surface area contributed by atoms with Crippen LogP contribution in [0.2, 0.25) is 0 Å². The Balaban J connectivity index is 1.58. The van der Waals surface area contributed by atoms with E-state index in [9.17, 15) is 14.4 Å². The van der Waals surface area contributed by atoms with Crippen LogP contribution in [-0.4, -0.2) is 68.8 Å². The lowest BCUT2D eigenvalue weighted by Gasteiger charge is -2.38. The van der Waals surface area contributed by atoms with Gasteiger partial charge in [0, 0.05) is 44.2 Å². The molecule has 2 saturated heterocycles. The van der Waals surface area contributed by atoms with Gasteiger partial charge in [0.05, 0.1) is 11.8 Å². The monoisotopic (exact) mass is 380 g/mol. The summed E-state index contributed by atoms with van der Waals surface area (Å²) in [4.78, 5) is 46.5. The number of thioether (sulfide) groups is 1. The Hall–Kier alpha value is -2.03. The van der Waals surface area contributed by atoms with E-state index in [1.165, 1.54) is 17.8 Å². The van der Waals surface area contributed by atoms with Crippen LogP contribution in [0.25, 0.3) is 0 Å². The van der Waals surface area contributed by atoms with Gasteiger partial charge in [-0.2, -0.15) is 0 Å². The second-order valence-electron chi connectivity index (χ2n) is 6.84. The molecular formula is C17H24N4O4S. The molecule has 2 aliphatic heterocycles. The van der Waals surface area contributed by atoms with Gasteiger partial charge in [-0.3, -0.25) is 9.59 Å². The molecule has 2 amide bonds. The molecular weight excluding hydrogens is 356 g/mol. The summed E-state index contributed by atoms with van der Waals surface area (Å²) in [5.41, 5.74) is -0.0497. The standard InChI is InChI=1S/C17H24N4O4S/c1-4-20-10-17(25-16(20)24)5-7-21(8-6-17)14(23)12(3)26-15-18-11(2)9-13(22)19-15/h9,12H,4-8,10H2,1-3H3,(H,18,19,22)/t12-/m0/s1. The van der Waals surface area contributed by atoms with Crippen LogP contribution in [0.1, 0.15) is 32.4 Å². The van der Waals surface area contributed by atoms with Gasteiger partial charge in [-0.1, -0.05) is 11.8 Å². The Morgan fingerprint density at radius 3 is 2.69 bits per heavy atom. The van der Waals surface area contributed by atoms with E-state index in [2.05, 4.69) is 9.97 Å². The average Bonchev–Trinajstić information content (AvgIpc) is 2.89. The molecule has 2 fully saturated rings. The highest BCUT2D eigenvalue weighted by atomic mass is 32.2. The number of nitrogens with one attached hydrogen (secondary N) is 1. The van der Waals surface area contributed by atoms with Crippen molar-refractivity contribution < 1.29 is 14.3 Å². The molecule has 8 nitrogen and oxygen atoms in total. The van der Waals surface area contributed by atoms with E-state index >= 15 is 0 Å². The number of carbonyl (C=O) groups excluding carboxylic acids is 2. The number of H-pyrrole nitrogens is 1. The van der Waals surface area contributed by atoms with E-state index in [-0.39, 0.29) is 22.8 Å². The van der Waals surface area contributed by atoms with E-state index in [0.717, 1.165) is 0 Å². The Bertz CT molecular complexity index is 757. The number of carbonyl (C=O) groups is 2. The number of piperidine rings is 1. The van der Waals surface area contributed by atoms with Gasteiger partial charge in [0.15, 0.2) is 5.16 Å². The van der Waals surface area contributed by atoms with Crippen molar-refractivity contribution in [3.05, 3.63) is 22.1 Å². The Morgan fingerprint density at radius 1 is 1.42 bits per heavy atom. The van der Waals surface area contributed by atoms with Gasteiger partial charge in [-0.25, -0.2) is 9.78 Å². The molecule has 0 saturated carbocycles. The molecule has 0 bridgehead atoms.